The summed E-state index contributed by atoms with van der Waals surface area (Å²) < 4.78 is 0. The quantitative estimate of drug-likeness (QED) is 0.678. The van der Waals surface area contributed by atoms with Crippen molar-refractivity contribution in [3.63, 3.8) is 0 Å². The second-order valence-corrected chi connectivity index (χ2v) is 4.28. The Balaban J connectivity index is 2.67. The van der Waals surface area contributed by atoms with Crippen LogP contribution in [0.1, 0.15) is 33.1 Å². The van der Waals surface area contributed by atoms with Gasteiger partial charge in [-0.15, -0.1) is 0 Å². The molecule has 0 saturated carbocycles. The molecular formula is C10H17NO3. The summed E-state index contributed by atoms with van der Waals surface area (Å²) in [7, 11) is 0. The van der Waals surface area contributed by atoms with Gasteiger partial charge in [-0.3, -0.25) is 9.59 Å². The predicted octanol–water partition coefficient (Wildman–Crippen LogP) is 1.11. The molecule has 0 radical (unpaired) electrons. The number of rotatable bonds is 2. The Morgan fingerprint density at radius 1 is 1.14 bits per heavy atom. The molecule has 4 nitrogen and oxygen atoms in total. The van der Waals surface area contributed by atoms with E-state index >= 15 is 0 Å². The summed E-state index contributed by atoms with van der Waals surface area (Å²) in [5, 5.41) is 8.89. The van der Waals surface area contributed by atoms with Gasteiger partial charge in [-0.2, -0.15) is 0 Å². The van der Waals surface area contributed by atoms with Crippen LogP contribution in [0.25, 0.3) is 0 Å². The minimum Gasteiger partial charge on any atom is -0.480 e. The van der Waals surface area contributed by atoms with Crippen LogP contribution in [0.4, 0.5) is 0 Å². The van der Waals surface area contributed by atoms with Crippen molar-refractivity contribution >= 4 is 11.9 Å². The normalized spacial score (nSPS) is 18.0. The molecule has 1 heterocycles. The molecule has 1 aliphatic heterocycles. The molecule has 0 bridgehead atoms. The molecule has 0 unspecified atom stereocenters. The monoisotopic (exact) mass is 199 g/mol. The summed E-state index contributed by atoms with van der Waals surface area (Å²) in [6.45, 7) is 4.34. The van der Waals surface area contributed by atoms with Crippen LogP contribution < -0.4 is 0 Å². The lowest BCUT2D eigenvalue weighted by Crippen LogP contribution is -2.47. The van der Waals surface area contributed by atoms with Crippen molar-refractivity contribution in [2.45, 2.75) is 33.1 Å². The molecule has 14 heavy (non-hydrogen) atoms. The smallest absolute Gasteiger partial charge is 0.318 e. The number of carboxylic acid groups (broad SMARTS) is 1. The van der Waals surface area contributed by atoms with Crippen molar-refractivity contribution in [1.29, 1.82) is 0 Å². The lowest BCUT2D eigenvalue weighted by atomic mass is 9.91. The first-order chi connectivity index (χ1) is 6.46. The zero-order valence-electron chi connectivity index (χ0n) is 8.75. The van der Waals surface area contributed by atoms with Crippen LogP contribution in [0, 0.1) is 5.41 Å². The highest BCUT2D eigenvalue weighted by Crippen LogP contribution is 2.21. The van der Waals surface area contributed by atoms with Gasteiger partial charge in [0.25, 0.3) is 0 Å². The molecule has 1 rings (SSSR count). The van der Waals surface area contributed by atoms with Gasteiger partial charge in [0.15, 0.2) is 0 Å². The van der Waals surface area contributed by atoms with Gasteiger partial charge >= 0.3 is 5.97 Å². The summed E-state index contributed by atoms with van der Waals surface area (Å²) in [4.78, 5) is 24.3. The maximum Gasteiger partial charge on any atom is 0.318 e. The molecule has 1 N–H and O–H groups in total. The molecule has 80 valence electrons. The molecule has 0 aromatic heterocycles. The molecule has 0 aromatic rings. The van der Waals surface area contributed by atoms with Crippen LogP contribution in [0.2, 0.25) is 0 Å². The van der Waals surface area contributed by atoms with E-state index in [2.05, 4.69) is 0 Å². The first-order valence-corrected chi connectivity index (χ1v) is 4.99. The number of aliphatic carboxylic acids is 1. The lowest BCUT2D eigenvalue weighted by Gasteiger charge is -2.32. The molecule has 0 atom stereocenters. The number of hydrogen-bond acceptors (Lipinski definition) is 2. The first kappa shape index (κ1) is 11.0. The van der Waals surface area contributed by atoms with Crippen LogP contribution >= 0.6 is 0 Å². The van der Waals surface area contributed by atoms with E-state index in [4.69, 9.17) is 5.11 Å². The summed E-state index contributed by atoms with van der Waals surface area (Å²) >= 11 is 0. The summed E-state index contributed by atoms with van der Waals surface area (Å²) in [5.74, 6) is -1.31. The Morgan fingerprint density at radius 2 is 1.64 bits per heavy atom. The lowest BCUT2D eigenvalue weighted by molar-refractivity contribution is -0.158. The fourth-order valence-electron chi connectivity index (χ4n) is 1.58. The van der Waals surface area contributed by atoms with Gasteiger partial charge in [-0.25, -0.2) is 0 Å². The van der Waals surface area contributed by atoms with Gasteiger partial charge in [-0.05, 0) is 33.1 Å². The van der Waals surface area contributed by atoms with Gasteiger partial charge in [0.2, 0.25) is 5.91 Å². The van der Waals surface area contributed by atoms with Gasteiger partial charge in [0, 0.05) is 13.1 Å². The third-order valence-electron chi connectivity index (χ3n) is 2.71. The summed E-state index contributed by atoms with van der Waals surface area (Å²) in [5.41, 5.74) is -1.28. The highest BCUT2D eigenvalue weighted by atomic mass is 16.4. The van der Waals surface area contributed by atoms with Crippen molar-refractivity contribution in [2.75, 3.05) is 13.1 Å². The summed E-state index contributed by atoms with van der Waals surface area (Å²) in [6.07, 6.45) is 3.11. The third kappa shape index (κ3) is 2.05. The second-order valence-electron chi connectivity index (χ2n) is 4.28. The zero-order chi connectivity index (χ0) is 10.8. The fraction of sp³-hybridized carbons (Fsp3) is 0.800. The van der Waals surface area contributed by atoms with Crippen molar-refractivity contribution < 1.29 is 14.7 Å². The fourth-order valence-corrected chi connectivity index (χ4v) is 1.58. The molecule has 0 aliphatic carbocycles. The first-order valence-electron chi connectivity index (χ1n) is 4.99. The van der Waals surface area contributed by atoms with Crippen LogP contribution in [-0.2, 0) is 9.59 Å². The Kier molecular flexibility index (Phi) is 3.13. The molecule has 0 aromatic carbocycles. The Hall–Kier alpha value is -1.06. The maximum absolute atomic E-state index is 11.8. The van der Waals surface area contributed by atoms with E-state index in [1.165, 1.54) is 13.8 Å². The molecule has 1 amide bonds. The highest BCUT2D eigenvalue weighted by Gasteiger charge is 2.39. The second kappa shape index (κ2) is 3.98. The van der Waals surface area contributed by atoms with Gasteiger partial charge < -0.3 is 10.0 Å². The van der Waals surface area contributed by atoms with E-state index in [-0.39, 0.29) is 5.91 Å². The number of amides is 1. The molecule has 1 saturated heterocycles. The topological polar surface area (TPSA) is 57.6 Å². The number of likely N-dealkylation sites (tertiary alicyclic amines) is 1. The number of piperidine rings is 1. The minimum absolute atomic E-state index is 0.260. The molecular weight excluding hydrogens is 182 g/mol. The highest BCUT2D eigenvalue weighted by molar-refractivity contribution is 6.00. The van der Waals surface area contributed by atoms with Crippen molar-refractivity contribution in [1.82, 2.24) is 4.90 Å². The maximum atomic E-state index is 11.8. The van der Waals surface area contributed by atoms with Crippen LogP contribution in [-0.4, -0.2) is 35.0 Å². The van der Waals surface area contributed by atoms with Crippen molar-refractivity contribution in [2.24, 2.45) is 5.41 Å². The van der Waals surface area contributed by atoms with Crippen LogP contribution in [0.5, 0.6) is 0 Å². The minimum atomic E-state index is -1.28. The number of hydrogen-bond donors (Lipinski definition) is 1. The zero-order valence-corrected chi connectivity index (χ0v) is 8.75. The predicted molar refractivity (Wildman–Crippen MR) is 51.8 cm³/mol. The van der Waals surface area contributed by atoms with E-state index in [9.17, 15) is 9.59 Å². The standard InChI is InChI=1S/C10H17NO3/c1-10(2,9(13)14)8(12)11-6-4-3-5-7-11/h3-7H2,1-2H3,(H,13,14). The van der Waals surface area contributed by atoms with Crippen molar-refractivity contribution in [3.05, 3.63) is 0 Å². The number of carbonyl (C=O) groups excluding carboxylic acids is 1. The van der Waals surface area contributed by atoms with Crippen molar-refractivity contribution in [3.8, 4) is 0 Å². The Morgan fingerprint density at radius 3 is 2.07 bits per heavy atom. The van der Waals surface area contributed by atoms with Gasteiger partial charge in [0.1, 0.15) is 5.41 Å². The van der Waals surface area contributed by atoms with Gasteiger partial charge in [0.05, 0.1) is 0 Å². The van der Waals surface area contributed by atoms with E-state index in [0.29, 0.717) is 13.1 Å². The number of carboxylic acids is 1. The molecule has 1 aliphatic rings. The average molecular weight is 199 g/mol. The van der Waals surface area contributed by atoms with E-state index in [0.717, 1.165) is 19.3 Å². The van der Waals surface area contributed by atoms with E-state index < -0.39 is 11.4 Å². The van der Waals surface area contributed by atoms with E-state index in [1.54, 1.807) is 4.90 Å². The molecule has 1 fully saturated rings. The average Bonchev–Trinajstić information content (AvgIpc) is 2.17. The SMILES string of the molecule is CC(C)(C(=O)O)C(=O)N1CCCCC1. The van der Waals surface area contributed by atoms with Crippen LogP contribution in [0.3, 0.4) is 0 Å². The van der Waals surface area contributed by atoms with Gasteiger partial charge in [-0.1, -0.05) is 0 Å². The number of carbonyl (C=O) groups is 2. The Labute approximate surface area is 83.9 Å². The molecule has 4 heteroatoms. The number of nitrogens with zero attached hydrogens (tertiary/aromatic N) is 1. The third-order valence-corrected chi connectivity index (χ3v) is 2.71. The van der Waals surface area contributed by atoms with E-state index in [1.807, 2.05) is 0 Å². The summed E-state index contributed by atoms with van der Waals surface area (Å²) in [6, 6.07) is 0. The van der Waals surface area contributed by atoms with Crippen LogP contribution in [0.15, 0.2) is 0 Å². The largest absolute Gasteiger partial charge is 0.480 e. The molecule has 0 spiro atoms. The Bertz CT molecular complexity index is 242.